The lowest BCUT2D eigenvalue weighted by Gasteiger charge is -2.18. The molecule has 1 atom stereocenters. The summed E-state index contributed by atoms with van der Waals surface area (Å²) in [6, 6.07) is 0. The third kappa shape index (κ3) is 48.4. The van der Waals surface area contributed by atoms with E-state index in [4.69, 9.17) is 14.2 Å². The molecular formula is C56H100O6. The van der Waals surface area contributed by atoms with Gasteiger partial charge >= 0.3 is 17.9 Å². The first kappa shape index (κ1) is 59.4. The summed E-state index contributed by atoms with van der Waals surface area (Å²) in [6.45, 7) is 6.49. The Morgan fingerprint density at radius 2 is 0.629 bits per heavy atom. The minimum atomic E-state index is -0.789. The molecule has 360 valence electrons. The van der Waals surface area contributed by atoms with Crippen molar-refractivity contribution in [3.05, 3.63) is 48.6 Å². The number of rotatable bonds is 48. The van der Waals surface area contributed by atoms with Crippen LogP contribution in [0.3, 0.4) is 0 Å². The predicted octanol–water partition coefficient (Wildman–Crippen LogP) is 17.5. The number of hydrogen-bond donors (Lipinski definition) is 0. The fraction of sp³-hybridized carbons (Fsp3) is 0.804. The van der Waals surface area contributed by atoms with Gasteiger partial charge in [-0.1, -0.05) is 243 Å². The largest absolute Gasteiger partial charge is 0.462 e. The number of carbonyl (C=O) groups excluding carboxylic acids is 3. The van der Waals surface area contributed by atoms with E-state index in [0.29, 0.717) is 19.3 Å². The van der Waals surface area contributed by atoms with E-state index in [1.165, 1.54) is 148 Å². The molecule has 0 bridgehead atoms. The molecule has 0 radical (unpaired) electrons. The summed E-state index contributed by atoms with van der Waals surface area (Å²) < 4.78 is 16.7. The van der Waals surface area contributed by atoms with E-state index in [-0.39, 0.29) is 37.5 Å². The number of unbranched alkanes of at least 4 members (excludes halogenated alkanes) is 29. The van der Waals surface area contributed by atoms with Crippen molar-refractivity contribution in [3.63, 3.8) is 0 Å². The van der Waals surface area contributed by atoms with Crippen LogP contribution in [0.15, 0.2) is 48.6 Å². The molecule has 0 saturated carbocycles. The maximum atomic E-state index is 12.8. The second-order valence-electron chi connectivity index (χ2n) is 17.8. The summed E-state index contributed by atoms with van der Waals surface area (Å²) in [5, 5.41) is 0. The lowest BCUT2D eigenvalue weighted by Crippen LogP contribution is -2.30. The second-order valence-corrected chi connectivity index (χ2v) is 17.8. The van der Waals surface area contributed by atoms with Crippen molar-refractivity contribution in [2.75, 3.05) is 13.2 Å². The third-order valence-electron chi connectivity index (χ3n) is 11.6. The molecule has 6 nitrogen and oxygen atoms in total. The molecule has 0 aliphatic rings. The minimum Gasteiger partial charge on any atom is -0.462 e. The molecule has 1 unspecified atom stereocenters. The standard InChI is InChI=1S/C56H100O6/c1-4-7-10-13-16-19-21-23-25-26-27-28-29-31-32-34-37-40-43-46-49-55(58)61-52-53(51-60-54(57)48-45-42-39-36-18-15-12-9-6-3)62-56(59)50-47-44-41-38-35-33-30-24-22-20-17-14-11-8-5-2/h8,11,17,20,24,30,35,38,53H,4-7,9-10,12-16,18-19,21-23,25-29,31-34,36-37,39-52H2,1-3H3/b11-8-,20-17-,30-24-,38-35-. The fourth-order valence-electron chi connectivity index (χ4n) is 7.61. The summed E-state index contributed by atoms with van der Waals surface area (Å²) in [6.07, 6.45) is 61.1. The molecule has 0 aliphatic heterocycles. The summed E-state index contributed by atoms with van der Waals surface area (Å²) in [7, 11) is 0. The van der Waals surface area contributed by atoms with Gasteiger partial charge in [-0.2, -0.15) is 0 Å². The predicted molar refractivity (Wildman–Crippen MR) is 265 cm³/mol. The number of hydrogen-bond acceptors (Lipinski definition) is 6. The smallest absolute Gasteiger partial charge is 0.306 e. The first-order valence-corrected chi connectivity index (χ1v) is 26.6. The lowest BCUT2D eigenvalue weighted by atomic mass is 10.0. The molecule has 62 heavy (non-hydrogen) atoms. The molecule has 0 saturated heterocycles. The Labute approximate surface area is 384 Å². The Hall–Kier alpha value is -2.63. The van der Waals surface area contributed by atoms with Crippen LogP contribution < -0.4 is 0 Å². The summed E-state index contributed by atoms with van der Waals surface area (Å²) >= 11 is 0. The first-order chi connectivity index (χ1) is 30.5. The molecule has 6 heteroatoms. The zero-order chi connectivity index (χ0) is 45.1. The number of allylic oxidation sites excluding steroid dienone is 8. The van der Waals surface area contributed by atoms with Gasteiger partial charge in [-0.15, -0.1) is 0 Å². The van der Waals surface area contributed by atoms with E-state index < -0.39 is 6.10 Å². The van der Waals surface area contributed by atoms with Gasteiger partial charge in [-0.05, 0) is 57.8 Å². The van der Waals surface area contributed by atoms with E-state index in [2.05, 4.69) is 69.4 Å². The molecule has 0 aromatic rings. The van der Waals surface area contributed by atoms with Gasteiger partial charge in [-0.3, -0.25) is 14.4 Å². The van der Waals surface area contributed by atoms with Crippen molar-refractivity contribution in [1.29, 1.82) is 0 Å². The SMILES string of the molecule is CC/C=C\C/C=C\C/C=C\C/C=C\CCCCC(=O)OC(COC(=O)CCCCCCCCCCC)COC(=O)CCCCCCCCCCCCCCCCCCCCCC. The molecule has 0 spiro atoms. The average Bonchev–Trinajstić information content (AvgIpc) is 3.27. The number of carbonyl (C=O) groups is 3. The Morgan fingerprint density at radius 3 is 0.984 bits per heavy atom. The van der Waals surface area contributed by atoms with Crippen molar-refractivity contribution in [3.8, 4) is 0 Å². The minimum absolute atomic E-state index is 0.0863. The summed E-state index contributed by atoms with van der Waals surface area (Å²) in [4.78, 5) is 37.9. The van der Waals surface area contributed by atoms with Gasteiger partial charge in [0.1, 0.15) is 13.2 Å². The molecule has 0 aliphatic carbocycles. The quantitative estimate of drug-likeness (QED) is 0.0262. The van der Waals surface area contributed by atoms with Gasteiger partial charge in [0.2, 0.25) is 0 Å². The molecule has 0 amide bonds. The maximum Gasteiger partial charge on any atom is 0.306 e. The van der Waals surface area contributed by atoms with E-state index in [1.807, 2.05) is 0 Å². The van der Waals surface area contributed by atoms with Crippen molar-refractivity contribution in [2.45, 2.75) is 277 Å². The highest BCUT2D eigenvalue weighted by Crippen LogP contribution is 2.16. The Balaban J connectivity index is 4.30. The maximum absolute atomic E-state index is 12.8. The normalized spacial score (nSPS) is 12.4. The van der Waals surface area contributed by atoms with Crippen molar-refractivity contribution < 1.29 is 28.6 Å². The highest BCUT2D eigenvalue weighted by molar-refractivity contribution is 5.71. The molecule has 0 fully saturated rings. The van der Waals surface area contributed by atoms with Crippen LogP contribution in [0.4, 0.5) is 0 Å². The van der Waals surface area contributed by atoms with Crippen LogP contribution in [0.5, 0.6) is 0 Å². The third-order valence-corrected chi connectivity index (χ3v) is 11.6. The van der Waals surface area contributed by atoms with Crippen LogP contribution in [0.2, 0.25) is 0 Å². The van der Waals surface area contributed by atoms with E-state index in [9.17, 15) is 14.4 Å². The van der Waals surface area contributed by atoms with Gasteiger partial charge in [0, 0.05) is 19.3 Å². The molecule has 0 aromatic carbocycles. The molecular weight excluding hydrogens is 769 g/mol. The second kappa shape index (κ2) is 51.0. The Morgan fingerprint density at radius 1 is 0.339 bits per heavy atom. The Kier molecular flexibility index (Phi) is 48.8. The molecule has 0 aromatic heterocycles. The monoisotopic (exact) mass is 869 g/mol. The zero-order valence-corrected chi connectivity index (χ0v) is 41.1. The van der Waals surface area contributed by atoms with Crippen molar-refractivity contribution in [1.82, 2.24) is 0 Å². The van der Waals surface area contributed by atoms with Crippen LogP contribution in [0, 0.1) is 0 Å². The van der Waals surface area contributed by atoms with Gasteiger partial charge in [0.15, 0.2) is 6.10 Å². The summed E-state index contributed by atoms with van der Waals surface area (Å²) in [5.41, 5.74) is 0. The van der Waals surface area contributed by atoms with E-state index >= 15 is 0 Å². The molecule has 0 heterocycles. The average molecular weight is 869 g/mol. The zero-order valence-electron chi connectivity index (χ0n) is 41.1. The Bertz CT molecular complexity index is 1090. The highest BCUT2D eigenvalue weighted by Gasteiger charge is 2.19. The lowest BCUT2D eigenvalue weighted by molar-refractivity contribution is -0.167. The van der Waals surface area contributed by atoms with Crippen LogP contribution in [-0.2, 0) is 28.6 Å². The van der Waals surface area contributed by atoms with Gasteiger partial charge in [-0.25, -0.2) is 0 Å². The van der Waals surface area contributed by atoms with Gasteiger partial charge in [0.05, 0.1) is 0 Å². The van der Waals surface area contributed by atoms with Crippen LogP contribution in [-0.4, -0.2) is 37.2 Å². The van der Waals surface area contributed by atoms with Crippen molar-refractivity contribution in [2.24, 2.45) is 0 Å². The van der Waals surface area contributed by atoms with Gasteiger partial charge < -0.3 is 14.2 Å². The van der Waals surface area contributed by atoms with Gasteiger partial charge in [0.25, 0.3) is 0 Å². The van der Waals surface area contributed by atoms with Crippen LogP contribution in [0.1, 0.15) is 271 Å². The van der Waals surface area contributed by atoms with E-state index in [0.717, 1.165) is 77.0 Å². The highest BCUT2D eigenvalue weighted by atomic mass is 16.6. The van der Waals surface area contributed by atoms with Crippen LogP contribution >= 0.6 is 0 Å². The number of ether oxygens (including phenoxy) is 3. The molecule has 0 rings (SSSR count). The van der Waals surface area contributed by atoms with E-state index in [1.54, 1.807) is 0 Å². The molecule has 0 N–H and O–H groups in total. The number of esters is 3. The topological polar surface area (TPSA) is 78.9 Å². The van der Waals surface area contributed by atoms with Crippen molar-refractivity contribution >= 4 is 17.9 Å². The van der Waals surface area contributed by atoms with Crippen LogP contribution in [0.25, 0.3) is 0 Å². The first-order valence-electron chi connectivity index (χ1n) is 26.6. The fourth-order valence-corrected chi connectivity index (χ4v) is 7.61. The summed E-state index contributed by atoms with van der Waals surface area (Å²) in [5.74, 6) is -0.921.